The maximum atomic E-state index is 5.76. The summed E-state index contributed by atoms with van der Waals surface area (Å²) in [4.78, 5) is 7.27. The van der Waals surface area contributed by atoms with Crippen molar-refractivity contribution in [2.45, 2.75) is 58.7 Å². The first kappa shape index (κ1) is 23.0. The smallest absolute Gasteiger partial charge is 0.191 e. The second-order valence-corrected chi connectivity index (χ2v) is 8.37. The van der Waals surface area contributed by atoms with E-state index in [9.17, 15) is 0 Å². The Balaban J connectivity index is 1.65. The number of hydrogen-bond acceptors (Lipinski definition) is 6. The van der Waals surface area contributed by atoms with E-state index in [0.717, 1.165) is 76.3 Å². The van der Waals surface area contributed by atoms with Gasteiger partial charge in [-0.05, 0) is 26.2 Å². The third-order valence-electron chi connectivity index (χ3n) is 7.08. The summed E-state index contributed by atoms with van der Waals surface area (Å²) in [7, 11) is 3.81. The first-order chi connectivity index (χ1) is 14.5. The van der Waals surface area contributed by atoms with Gasteiger partial charge < -0.3 is 24.7 Å². The van der Waals surface area contributed by atoms with Gasteiger partial charge in [0.25, 0.3) is 0 Å². The van der Waals surface area contributed by atoms with Gasteiger partial charge in [-0.25, -0.2) is 4.99 Å². The van der Waals surface area contributed by atoms with Crippen molar-refractivity contribution >= 4 is 5.96 Å². The summed E-state index contributed by atoms with van der Waals surface area (Å²) in [6.07, 6.45) is 3.48. The van der Waals surface area contributed by atoms with Crippen LogP contribution < -0.4 is 10.6 Å². The fourth-order valence-electron chi connectivity index (χ4n) is 4.69. The quantitative estimate of drug-likeness (QED) is 0.456. The van der Waals surface area contributed by atoms with Crippen molar-refractivity contribution in [1.82, 2.24) is 30.3 Å². The Labute approximate surface area is 180 Å². The van der Waals surface area contributed by atoms with Crippen LogP contribution in [0.15, 0.2) is 4.99 Å². The van der Waals surface area contributed by atoms with Gasteiger partial charge in [0.05, 0.1) is 19.3 Å². The molecule has 2 fully saturated rings. The van der Waals surface area contributed by atoms with E-state index < -0.39 is 0 Å². The Hall–Kier alpha value is -1.71. The number of morpholine rings is 1. The molecule has 2 atom stereocenters. The third kappa shape index (κ3) is 4.95. The van der Waals surface area contributed by atoms with Gasteiger partial charge >= 0.3 is 0 Å². The number of rotatable bonds is 9. The maximum Gasteiger partial charge on any atom is 0.191 e. The Bertz CT molecular complexity index is 696. The average molecular weight is 422 g/mol. The summed E-state index contributed by atoms with van der Waals surface area (Å²) < 4.78 is 13.2. The van der Waals surface area contributed by atoms with Crippen molar-refractivity contribution in [2.75, 3.05) is 46.5 Å². The normalized spacial score (nSPS) is 24.5. The van der Waals surface area contributed by atoms with Gasteiger partial charge in [0.2, 0.25) is 0 Å². The monoisotopic (exact) mass is 421 g/mol. The minimum atomic E-state index is 0.156. The van der Waals surface area contributed by atoms with E-state index in [0.29, 0.717) is 18.7 Å². The van der Waals surface area contributed by atoms with Crippen LogP contribution in [0.4, 0.5) is 0 Å². The molecular weight excluding hydrogens is 382 g/mol. The van der Waals surface area contributed by atoms with E-state index >= 15 is 0 Å². The number of nitrogens with one attached hydrogen (secondary N) is 2. The number of hydrogen-bond donors (Lipinski definition) is 2. The summed E-state index contributed by atoms with van der Waals surface area (Å²) in [6, 6.07) is 0.355. The molecule has 0 aromatic carbocycles. The Morgan fingerprint density at radius 2 is 2.00 bits per heavy atom. The highest BCUT2D eigenvalue weighted by molar-refractivity contribution is 5.80. The second-order valence-electron chi connectivity index (χ2n) is 8.37. The van der Waals surface area contributed by atoms with E-state index in [4.69, 9.17) is 14.5 Å². The van der Waals surface area contributed by atoms with Crippen LogP contribution in [0.25, 0.3) is 0 Å². The molecular formula is C21H39N7O2. The third-order valence-corrected chi connectivity index (χ3v) is 7.08. The molecule has 9 nitrogen and oxygen atoms in total. The maximum absolute atomic E-state index is 5.76. The summed E-state index contributed by atoms with van der Waals surface area (Å²) in [5.41, 5.74) is 0.156. The van der Waals surface area contributed by atoms with Gasteiger partial charge in [0.1, 0.15) is 12.4 Å². The molecule has 1 aromatic heterocycles. The minimum Gasteiger partial charge on any atom is -0.381 e. The van der Waals surface area contributed by atoms with Crippen molar-refractivity contribution in [2.24, 2.45) is 17.5 Å². The number of guanidine groups is 1. The standard InChI is InChI=1S/C21H39N7O2/c1-6-21(7-2)17(14-18(21)29-5)24-20(22-8-9-28-10-12-30-13-11-28)23-15-19-26-25-16(3)27(19)4/h17-18H,6-15H2,1-5H3,(H2,22,23,24). The first-order valence-electron chi connectivity index (χ1n) is 11.3. The molecule has 2 N–H and O–H groups in total. The topological polar surface area (TPSA) is 88.8 Å². The Kier molecular flexibility index (Phi) is 8.07. The molecule has 0 amide bonds. The molecule has 9 heteroatoms. The molecule has 1 saturated carbocycles. The van der Waals surface area contributed by atoms with Crippen LogP contribution in [-0.2, 0) is 23.1 Å². The molecule has 1 aromatic rings. The molecule has 0 bridgehead atoms. The van der Waals surface area contributed by atoms with Gasteiger partial charge in [-0.2, -0.15) is 0 Å². The zero-order chi connectivity index (χ0) is 21.6. The molecule has 1 aliphatic carbocycles. The fourth-order valence-corrected chi connectivity index (χ4v) is 4.69. The van der Waals surface area contributed by atoms with Crippen LogP contribution in [0.2, 0.25) is 0 Å². The van der Waals surface area contributed by atoms with Crippen LogP contribution in [0, 0.1) is 12.3 Å². The number of aryl methyl sites for hydroxylation is 1. The lowest BCUT2D eigenvalue weighted by Crippen LogP contribution is -2.65. The van der Waals surface area contributed by atoms with E-state index in [1.807, 2.05) is 25.6 Å². The molecule has 2 unspecified atom stereocenters. The van der Waals surface area contributed by atoms with E-state index in [-0.39, 0.29) is 5.41 Å². The molecule has 0 radical (unpaired) electrons. The van der Waals surface area contributed by atoms with Crippen molar-refractivity contribution in [3.63, 3.8) is 0 Å². The van der Waals surface area contributed by atoms with E-state index in [2.05, 4.69) is 39.6 Å². The largest absolute Gasteiger partial charge is 0.381 e. The van der Waals surface area contributed by atoms with Gasteiger partial charge in [-0.15, -0.1) is 10.2 Å². The zero-order valence-corrected chi connectivity index (χ0v) is 19.3. The number of ether oxygens (including phenoxy) is 2. The minimum absolute atomic E-state index is 0.156. The fraction of sp³-hybridized carbons (Fsp3) is 0.857. The van der Waals surface area contributed by atoms with Crippen molar-refractivity contribution in [3.05, 3.63) is 11.6 Å². The van der Waals surface area contributed by atoms with Gasteiger partial charge in [-0.1, -0.05) is 13.8 Å². The predicted molar refractivity (Wildman–Crippen MR) is 117 cm³/mol. The number of methoxy groups -OCH3 is 1. The van der Waals surface area contributed by atoms with Gasteiger partial charge in [0, 0.05) is 51.8 Å². The van der Waals surface area contributed by atoms with Crippen LogP contribution in [0.1, 0.15) is 44.8 Å². The molecule has 1 aliphatic heterocycles. The number of aliphatic imine (C=N–C) groups is 1. The van der Waals surface area contributed by atoms with Crippen LogP contribution in [0.5, 0.6) is 0 Å². The van der Waals surface area contributed by atoms with Crippen molar-refractivity contribution in [3.8, 4) is 0 Å². The SMILES string of the molecule is CCC1(CC)C(NC(=NCc2nnc(C)n2C)NCCN2CCOCC2)CC1OC. The molecule has 0 spiro atoms. The summed E-state index contributed by atoms with van der Waals surface area (Å²) >= 11 is 0. The zero-order valence-electron chi connectivity index (χ0n) is 19.3. The summed E-state index contributed by atoms with van der Waals surface area (Å²) in [5.74, 6) is 2.60. The summed E-state index contributed by atoms with van der Waals surface area (Å²) in [5, 5.41) is 15.6. The number of nitrogens with zero attached hydrogens (tertiary/aromatic N) is 5. The Morgan fingerprint density at radius 3 is 2.60 bits per heavy atom. The van der Waals surface area contributed by atoms with Crippen molar-refractivity contribution in [1.29, 1.82) is 0 Å². The Morgan fingerprint density at radius 1 is 1.27 bits per heavy atom. The average Bonchev–Trinajstić information content (AvgIpc) is 3.08. The number of aromatic nitrogens is 3. The van der Waals surface area contributed by atoms with E-state index in [1.54, 1.807) is 0 Å². The van der Waals surface area contributed by atoms with Crippen LogP contribution in [-0.4, -0.2) is 84.3 Å². The van der Waals surface area contributed by atoms with Gasteiger partial charge in [0.15, 0.2) is 11.8 Å². The predicted octanol–water partition coefficient (Wildman–Crippen LogP) is 1.08. The molecule has 2 heterocycles. The molecule has 1 saturated heterocycles. The van der Waals surface area contributed by atoms with Crippen molar-refractivity contribution < 1.29 is 9.47 Å². The van der Waals surface area contributed by atoms with Crippen LogP contribution in [0.3, 0.4) is 0 Å². The lowest BCUT2D eigenvalue weighted by molar-refractivity contribution is -0.118. The second kappa shape index (κ2) is 10.5. The van der Waals surface area contributed by atoms with Gasteiger partial charge in [-0.3, -0.25) is 4.90 Å². The highest BCUT2D eigenvalue weighted by Gasteiger charge is 2.53. The lowest BCUT2D eigenvalue weighted by Gasteiger charge is -2.55. The lowest BCUT2D eigenvalue weighted by atomic mass is 9.58. The molecule has 2 aliphatic rings. The molecule has 30 heavy (non-hydrogen) atoms. The van der Waals surface area contributed by atoms with Crippen LogP contribution >= 0.6 is 0 Å². The molecule has 3 rings (SSSR count). The first-order valence-corrected chi connectivity index (χ1v) is 11.3. The highest BCUT2D eigenvalue weighted by Crippen LogP contribution is 2.48. The van der Waals surface area contributed by atoms with E-state index in [1.165, 1.54) is 0 Å². The molecule has 170 valence electrons. The summed E-state index contributed by atoms with van der Waals surface area (Å²) in [6.45, 7) is 12.4. The highest BCUT2D eigenvalue weighted by atomic mass is 16.5.